The van der Waals surface area contributed by atoms with Crippen molar-refractivity contribution in [2.45, 2.75) is 13.8 Å². The summed E-state index contributed by atoms with van der Waals surface area (Å²) in [5.74, 6) is -0.177. The van der Waals surface area contributed by atoms with Crippen molar-refractivity contribution in [3.63, 3.8) is 0 Å². The first-order valence-corrected chi connectivity index (χ1v) is 11.1. The van der Waals surface area contributed by atoms with E-state index in [-0.39, 0.29) is 5.91 Å². The minimum Gasteiger partial charge on any atom is -0.359 e. The Bertz CT molecular complexity index is 1450. The molecule has 0 aliphatic rings. The Morgan fingerprint density at radius 1 is 0.943 bits per heavy atom. The summed E-state index contributed by atoms with van der Waals surface area (Å²) in [5, 5.41) is 10.6. The van der Waals surface area contributed by atoms with E-state index in [0.29, 0.717) is 11.3 Å². The van der Waals surface area contributed by atoms with Gasteiger partial charge in [-0.15, -0.1) is 0 Å². The molecule has 4 aromatic rings. The van der Waals surface area contributed by atoms with Gasteiger partial charge in [0.15, 0.2) is 0 Å². The van der Waals surface area contributed by atoms with Crippen molar-refractivity contribution < 1.29 is 4.79 Å². The smallest absolute Gasteiger partial charge is 0.255 e. The standard InChI is InChI=1S/C29H25N5O/c1-4-30-17-15-21(3)32-23-10-12-25(13-11-23)34-29(35)22-6-8-24(9-7-22)33-28-16-18-31-27-14-5-20(2)19-26(27)28/h1,5-19,32H,2-3H3,(H,31,33)(H,34,35)/b21-15+,30-17?. The van der Waals surface area contributed by atoms with Crippen LogP contribution in [0.4, 0.5) is 22.7 Å². The molecule has 1 amide bonds. The largest absolute Gasteiger partial charge is 0.359 e. The summed E-state index contributed by atoms with van der Waals surface area (Å²) in [6.07, 6.45) is 10.2. The predicted molar refractivity (Wildman–Crippen MR) is 145 cm³/mol. The molecule has 172 valence electrons. The van der Waals surface area contributed by atoms with Crippen LogP contribution in [-0.2, 0) is 0 Å². The Hall–Kier alpha value is -4.89. The molecule has 35 heavy (non-hydrogen) atoms. The van der Waals surface area contributed by atoms with Gasteiger partial charge in [0.2, 0.25) is 0 Å². The summed E-state index contributed by atoms with van der Waals surface area (Å²) in [6, 6.07) is 25.2. The monoisotopic (exact) mass is 459 g/mol. The summed E-state index contributed by atoms with van der Waals surface area (Å²) < 4.78 is 0. The van der Waals surface area contributed by atoms with Gasteiger partial charge in [0, 0.05) is 57.9 Å². The van der Waals surface area contributed by atoms with Crippen molar-refractivity contribution in [3.8, 4) is 12.5 Å². The first-order chi connectivity index (χ1) is 17.0. The van der Waals surface area contributed by atoms with Crippen molar-refractivity contribution in [2.24, 2.45) is 4.99 Å². The molecule has 0 saturated carbocycles. The van der Waals surface area contributed by atoms with Gasteiger partial charge in [-0.2, -0.15) is 0 Å². The summed E-state index contributed by atoms with van der Waals surface area (Å²) in [4.78, 5) is 20.8. The maximum Gasteiger partial charge on any atom is 0.255 e. The maximum absolute atomic E-state index is 12.7. The molecule has 0 spiro atoms. The number of benzene rings is 3. The minimum absolute atomic E-state index is 0.177. The third-order valence-corrected chi connectivity index (χ3v) is 5.28. The van der Waals surface area contributed by atoms with E-state index in [9.17, 15) is 4.79 Å². The van der Waals surface area contributed by atoms with Crippen LogP contribution in [-0.4, -0.2) is 17.1 Å². The Morgan fingerprint density at radius 3 is 2.34 bits per heavy atom. The van der Waals surface area contributed by atoms with E-state index in [2.05, 4.69) is 45.0 Å². The molecule has 4 rings (SSSR count). The molecule has 3 aromatic carbocycles. The van der Waals surface area contributed by atoms with Gasteiger partial charge in [-0.25, -0.2) is 4.99 Å². The number of carbonyl (C=O) groups is 1. The van der Waals surface area contributed by atoms with E-state index in [0.717, 1.165) is 33.7 Å². The molecule has 1 aromatic heterocycles. The number of terminal acetylenes is 1. The number of pyridine rings is 1. The molecule has 0 fully saturated rings. The second-order valence-electron chi connectivity index (χ2n) is 7.99. The highest BCUT2D eigenvalue weighted by Crippen LogP contribution is 2.26. The van der Waals surface area contributed by atoms with E-state index in [1.54, 1.807) is 30.6 Å². The number of rotatable bonds is 7. The van der Waals surface area contributed by atoms with Gasteiger partial charge < -0.3 is 16.0 Å². The fraction of sp³-hybridized carbons (Fsp3) is 0.0690. The molecular weight excluding hydrogens is 434 g/mol. The lowest BCUT2D eigenvalue weighted by Gasteiger charge is -2.11. The maximum atomic E-state index is 12.7. The zero-order valence-electron chi connectivity index (χ0n) is 19.5. The number of carbonyl (C=O) groups excluding carboxylic acids is 1. The summed E-state index contributed by atoms with van der Waals surface area (Å²) >= 11 is 0. The quantitative estimate of drug-likeness (QED) is 0.217. The zero-order chi connectivity index (χ0) is 24.6. The molecule has 0 atom stereocenters. The SMILES string of the molecule is C#CN=C/C=C(\C)Nc1ccc(NC(=O)c2ccc(Nc3ccnc4ccc(C)cc34)cc2)cc1. The van der Waals surface area contributed by atoms with E-state index >= 15 is 0 Å². The van der Waals surface area contributed by atoms with Gasteiger partial charge in [0.05, 0.1) is 5.52 Å². The van der Waals surface area contributed by atoms with Gasteiger partial charge in [-0.1, -0.05) is 18.1 Å². The molecule has 1 heterocycles. The third-order valence-electron chi connectivity index (χ3n) is 5.28. The van der Waals surface area contributed by atoms with Crippen molar-refractivity contribution >= 4 is 45.8 Å². The Labute approximate surface area is 204 Å². The Morgan fingerprint density at radius 2 is 1.63 bits per heavy atom. The van der Waals surface area contributed by atoms with Gasteiger partial charge in [-0.05, 0) is 86.7 Å². The number of aromatic nitrogens is 1. The molecule has 0 radical (unpaired) electrons. The van der Waals surface area contributed by atoms with E-state index < -0.39 is 0 Å². The van der Waals surface area contributed by atoms with Crippen LogP contribution in [0.3, 0.4) is 0 Å². The van der Waals surface area contributed by atoms with Gasteiger partial charge in [0.25, 0.3) is 5.91 Å². The fourth-order valence-corrected chi connectivity index (χ4v) is 3.53. The number of nitrogens with one attached hydrogen (secondary N) is 3. The number of hydrogen-bond acceptors (Lipinski definition) is 5. The van der Waals surface area contributed by atoms with Crippen LogP contribution >= 0.6 is 0 Å². The highest BCUT2D eigenvalue weighted by Gasteiger charge is 2.08. The van der Waals surface area contributed by atoms with Crippen LogP contribution < -0.4 is 16.0 Å². The first-order valence-electron chi connectivity index (χ1n) is 11.1. The lowest BCUT2D eigenvalue weighted by molar-refractivity contribution is 0.102. The topological polar surface area (TPSA) is 78.4 Å². The molecular formula is C29H25N5O. The first kappa shape index (κ1) is 23.3. The normalized spacial score (nSPS) is 11.3. The van der Waals surface area contributed by atoms with Crippen LogP contribution in [0, 0.1) is 19.4 Å². The average molecular weight is 460 g/mol. The van der Waals surface area contributed by atoms with Gasteiger partial charge >= 0.3 is 0 Å². The molecule has 3 N–H and O–H groups in total. The van der Waals surface area contributed by atoms with Gasteiger partial charge in [-0.3, -0.25) is 9.78 Å². The number of aryl methyl sites for hydroxylation is 1. The summed E-state index contributed by atoms with van der Waals surface area (Å²) in [5.41, 5.74) is 7.02. The number of hydrogen-bond donors (Lipinski definition) is 3. The van der Waals surface area contributed by atoms with Crippen molar-refractivity contribution in [3.05, 3.63) is 102 Å². The number of nitrogens with zero attached hydrogens (tertiary/aromatic N) is 2. The second-order valence-corrected chi connectivity index (χ2v) is 7.99. The summed E-state index contributed by atoms with van der Waals surface area (Å²) in [7, 11) is 0. The number of anilines is 4. The number of aliphatic imine (C=N–C) groups is 1. The fourth-order valence-electron chi connectivity index (χ4n) is 3.53. The molecule has 0 saturated heterocycles. The molecule has 0 aliphatic heterocycles. The van der Waals surface area contributed by atoms with E-state index in [1.165, 1.54) is 5.56 Å². The number of allylic oxidation sites excluding steroid dienone is 2. The zero-order valence-corrected chi connectivity index (χ0v) is 19.5. The van der Waals surface area contributed by atoms with E-state index in [1.807, 2.05) is 61.5 Å². The minimum atomic E-state index is -0.177. The highest BCUT2D eigenvalue weighted by atomic mass is 16.1. The third kappa shape index (κ3) is 6.12. The van der Waals surface area contributed by atoms with Crippen molar-refractivity contribution in [1.29, 1.82) is 0 Å². The molecule has 0 bridgehead atoms. The summed E-state index contributed by atoms with van der Waals surface area (Å²) in [6.45, 7) is 3.97. The van der Waals surface area contributed by atoms with Crippen molar-refractivity contribution in [1.82, 2.24) is 4.98 Å². The predicted octanol–water partition coefficient (Wildman–Crippen LogP) is 6.52. The average Bonchev–Trinajstić information content (AvgIpc) is 2.86. The molecule has 0 aliphatic carbocycles. The number of fused-ring (bicyclic) bond motifs is 1. The van der Waals surface area contributed by atoms with Crippen LogP contribution in [0.25, 0.3) is 10.9 Å². The van der Waals surface area contributed by atoms with Gasteiger partial charge in [0.1, 0.15) is 0 Å². The van der Waals surface area contributed by atoms with Crippen LogP contribution in [0.5, 0.6) is 0 Å². The van der Waals surface area contributed by atoms with E-state index in [4.69, 9.17) is 6.42 Å². The molecule has 6 heteroatoms. The van der Waals surface area contributed by atoms with Crippen LogP contribution in [0.15, 0.2) is 95.8 Å². The van der Waals surface area contributed by atoms with Crippen LogP contribution in [0.2, 0.25) is 0 Å². The van der Waals surface area contributed by atoms with Crippen LogP contribution in [0.1, 0.15) is 22.8 Å². The lowest BCUT2D eigenvalue weighted by atomic mass is 10.1. The Kier molecular flexibility index (Phi) is 7.19. The lowest BCUT2D eigenvalue weighted by Crippen LogP contribution is -2.11. The Balaban J connectivity index is 1.39. The van der Waals surface area contributed by atoms with Crippen molar-refractivity contribution in [2.75, 3.05) is 16.0 Å². The highest BCUT2D eigenvalue weighted by molar-refractivity contribution is 6.04. The number of amides is 1. The molecule has 6 nitrogen and oxygen atoms in total. The molecule has 0 unspecified atom stereocenters. The second kappa shape index (κ2) is 10.8.